The number of morpholine rings is 1. The third-order valence-electron chi connectivity index (χ3n) is 2.75. The molecule has 16 heavy (non-hydrogen) atoms. The Hall–Kier alpha value is -1.33. The molecule has 0 aliphatic carbocycles. The van der Waals surface area contributed by atoms with Crippen molar-refractivity contribution < 1.29 is 14.6 Å². The van der Waals surface area contributed by atoms with Gasteiger partial charge in [-0.25, -0.2) is 0 Å². The fraction of sp³-hybridized carbons (Fsp3) is 0.545. The number of amides is 1. The molecule has 1 aromatic heterocycles. The van der Waals surface area contributed by atoms with E-state index in [0.29, 0.717) is 32.8 Å². The summed E-state index contributed by atoms with van der Waals surface area (Å²) >= 11 is 0. The molecule has 0 bridgehead atoms. The predicted octanol–water partition coefficient (Wildman–Crippen LogP) is -0.161. The predicted molar refractivity (Wildman–Crippen MR) is 57.8 cm³/mol. The quantitative estimate of drug-likeness (QED) is 0.776. The van der Waals surface area contributed by atoms with E-state index in [9.17, 15) is 4.79 Å². The van der Waals surface area contributed by atoms with Gasteiger partial charge in [0.15, 0.2) is 0 Å². The van der Waals surface area contributed by atoms with Crippen molar-refractivity contribution in [3.63, 3.8) is 0 Å². The number of carbonyl (C=O) groups is 1. The molecule has 5 nitrogen and oxygen atoms in total. The van der Waals surface area contributed by atoms with E-state index >= 15 is 0 Å². The van der Waals surface area contributed by atoms with Crippen LogP contribution in [0, 0.1) is 0 Å². The van der Waals surface area contributed by atoms with E-state index in [4.69, 9.17) is 9.84 Å². The lowest BCUT2D eigenvalue weighted by molar-refractivity contribution is -0.135. The van der Waals surface area contributed by atoms with Gasteiger partial charge in [0.25, 0.3) is 0 Å². The van der Waals surface area contributed by atoms with E-state index in [1.807, 2.05) is 18.3 Å². The van der Waals surface area contributed by atoms with E-state index in [-0.39, 0.29) is 12.5 Å². The van der Waals surface area contributed by atoms with Gasteiger partial charge < -0.3 is 19.3 Å². The molecule has 0 atom stereocenters. The first-order valence-electron chi connectivity index (χ1n) is 5.41. The van der Waals surface area contributed by atoms with Crippen molar-refractivity contribution in [2.75, 3.05) is 26.3 Å². The van der Waals surface area contributed by atoms with Crippen LogP contribution in [0.15, 0.2) is 18.3 Å². The number of nitrogens with zero attached hydrogens (tertiary/aromatic N) is 2. The molecule has 88 valence electrons. The molecule has 1 aliphatic heterocycles. The second-order valence-electron chi connectivity index (χ2n) is 3.78. The Morgan fingerprint density at radius 1 is 1.44 bits per heavy atom. The second kappa shape index (κ2) is 5.14. The molecule has 0 saturated carbocycles. The largest absolute Gasteiger partial charge is 0.390 e. The number of hydrogen-bond acceptors (Lipinski definition) is 3. The molecule has 0 radical (unpaired) electrons. The average Bonchev–Trinajstić information content (AvgIpc) is 2.77. The lowest BCUT2D eigenvalue weighted by Crippen LogP contribution is -2.42. The molecular formula is C11H16N2O3. The Kier molecular flexibility index (Phi) is 3.58. The van der Waals surface area contributed by atoms with E-state index in [1.54, 1.807) is 9.47 Å². The van der Waals surface area contributed by atoms with Crippen molar-refractivity contribution in [2.45, 2.75) is 13.2 Å². The van der Waals surface area contributed by atoms with Gasteiger partial charge in [0.2, 0.25) is 5.91 Å². The van der Waals surface area contributed by atoms with Gasteiger partial charge in [0.05, 0.1) is 19.8 Å². The molecule has 0 spiro atoms. The minimum Gasteiger partial charge on any atom is -0.390 e. The van der Waals surface area contributed by atoms with Crippen molar-refractivity contribution in [1.82, 2.24) is 9.47 Å². The van der Waals surface area contributed by atoms with Crippen LogP contribution in [0.2, 0.25) is 0 Å². The fourth-order valence-electron chi connectivity index (χ4n) is 1.81. The minimum absolute atomic E-state index is 0.0383. The molecule has 2 rings (SSSR count). The third-order valence-corrected chi connectivity index (χ3v) is 2.75. The fourth-order valence-corrected chi connectivity index (χ4v) is 1.81. The summed E-state index contributed by atoms with van der Waals surface area (Å²) in [5.74, 6) is 0.0780. The van der Waals surface area contributed by atoms with Crippen molar-refractivity contribution in [2.24, 2.45) is 0 Å². The molecule has 1 fully saturated rings. The molecule has 1 N–H and O–H groups in total. The smallest absolute Gasteiger partial charge is 0.242 e. The Balaban J connectivity index is 1.95. The number of ether oxygens (including phenoxy) is 1. The molecule has 0 unspecified atom stereocenters. The van der Waals surface area contributed by atoms with Gasteiger partial charge in [0, 0.05) is 25.0 Å². The van der Waals surface area contributed by atoms with Gasteiger partial charge in [-0.05, 0) is 12.1 Å². The molecule has 1 aromatic rings. The number of aromatic nitrogens is 1. The maximum absolute atomic E-state index is 11.9. The lowest BCUT2D eigenvalue weighted by atomic mass is 10.4. The minimum atomic E-state index is -0.0383. The molecular weight excluding hydrogens is 208 g/mol. The van der Waals surface area contributed by atoms with Gasteiger partial charge in [-0.2, -0.15) is 0 Å². The monoisotopic (exact) mass is 224 g/mol. The Morgan fingerprint density at radius 3 is 2.88 bits per heavy atom. The third kappa shape index (κ3) is 2.43. The van der Waals surface area contributed by atoms with Crippen molar-refractivity contribution in [1.29, 1.82) is 0 Å². The summed E-state index contributed by atoms with van der Waals surface area (Å²) < 4.78 is 6.96. The molecule has 1 aliphatic rings. The molecule has 2 heterocycles. The van der Waals surface area contributed by atoms with Crippen LogP contribution in [0.4, 0.5) is 0 Å². The first kappa shape index (κ1) is 11.2. The van der Waals surface area contributed by atoms with Gasteiger partial charge in [-0.3, -0.25) is 4.79 Å². The van der Waals surface area contributed by atoms with E-state index < -0.39 is 0 Å². The van der Waals surface area contributed by atoms with E-state index in [0.717, 1.165) is 5.69 Å². The van der Waals surface area contributed by atoms with Crippen molar-refractivity contribution in [3.05, 3.63) is 24.0 Å². The van der Waals surface area contributed by atoms with Crippen LogP contribution in [-0.2, 0) is 22.7 Å². The lowest BCUT2D eigenvalue weighted by Gasteiger charge is -2.27. The van der Waals surface area contributed by atoms with Crippen LogP contribution in [-0.4, -0.2) is 46.8 Å². The summed E-state index contributed by atoms with van der Waals surface area (Å²) in [6, 6.07) is 3.64. The maximum atomic E-state index is 11.9. The molecule has 5 heteroatoms. The van der Waals surface area contributed by atoms with Crippen LogP contribution < -0.4 is 0 Å². The average molecular weight is 224 g/mol. The number of rotatable bonds is 3. The van der Waals surface area contributed by atoms with Gasteiger partial charge in [0.1, 0.15) is 6.54 Å². The summed E-state index contributed by atoms with van der Waals surface area (Å²) in [5, 5.41) is 9.06. The highest BCUT2D eigenvalue weighted by molar-refractivity contribution is 5.76. The number of aliphatic hydroxyl groups is 1. The van der Waals surface area contributed by atoms with Crippen molar-refractivity contribution >= 4 is 5.91 Å². The van der Waals surface area contributed by atoms with E-state index in [1.165, 1.54) is 0 Å². The second-order valence-corrected chi connectivity index (χ2v) is 3.78. The number of hydrogen-bond donors (Lipinski definition) is 1. The number of aliphatic hydroxyl groups excluding tert-OH is 1. The SMILES string of the molecule is O=C(Cn1cccc1CO)N1CCOCC1. The van der Waals surface area contributed by atoms with Crippen LogP contribution in [0.5, 0.6) is 0 Å². The highest BCUT2D eigenvalue weighted by Crippen LogP contribution is 2.05. The standard InChI is InChI=1S/C11H16N2O3/c14-9-10-2-1-3-13(10)8-11(15)12-4-6-16-7-5-12/h1-3,14H,4-9H2. The van der Waals surface area contributed by atoms with Crippen LogP contribution in [0.25, 0.3) is 0 Å². The van der Waals surface area contributed by atoms with Gasteiger partial charge >= 0.3 is 0 Å². The summed E-state index contributed by atoms with van der Waals surface area (Å²) in [6.07, 6.45) is 1.81. The van der Waals surface area contributed by atoms with Crippen LogP contribution >= 0.6 is 0 Å². The summed E-state index contributed by atoms with van der Waals surface area (Å²) in [4.78, 5) is 13.7. The first-order chi connectivity index (χ1) is 7.81. The maximum Gasteiger partial charge on any atom is 0.242 e. The van der Waals surface area contributed by atoms with Crippen molar-refractivity contribution in [3.8, 4) is 0 Å². The van der Waals surface area contributed by atoms with E-state index in [2.05, 4.69) is 0 Å². The topological polar surface area (TPSA) is 54.7 Å². The number of carbonyl (C=O) groups excluding carboxylic acids is 1. The Labute approximate surface area is 94.2 Å². The van der Waals surface area contributed by atoms with Gasteiger partial charge in [-0.15, -0.1) is 0 Å². The summed E-state index contributed by atoms with van der Waals surface area (Å²) in [7, 11) is 0. The van der Waals surface area contributed by atoms with Gasteiger partial charge in [-0.1, -0.05) is 0 Å². The van der Waals surface area contributed by atoms with Crippen LogP contribution in [0.3, 0.4) is 0 Å². The normalized spacial score (nSPS) is 16.4. The molecule has 1 saturated heterocycles. The highest BCUT2D eigenvalue weighted by Gasteiger charge is 2.17. The zero-order chi connectivity index (χ0) is 11.4. The Morgan fingerprint density at radius 2 is 2.19 bits per heavy atom. The zero-order valence-electron chi connectivity index (χ0n) is 9.13. The van der Waals surface area contributed by atoms with Crippen LogP contribution in [0.1, 0.15) is 5.69 Å². The molecule has 0 aromatic carbocycles. The zero-order valence-corrected chi connectivity index (χ0v) is 9.13. The summed E-state index contributed by atoms with van der Waals surface area (Å²) in [6.45, 7) is 2.81. The molecule has 1 amide bonds. The highest BCUT2D eigenvalue weighted by atomic mass is 16.5. The Bertz CT molecular complexity index is 356. The first-order valence-corrected chi connectivity index (χ1v) is 5.41. The summed E-state index contributed by atoms with van der Waals surface area (Å²) in [5.41, 5.74) is 0.765.